The van der Waals surface area contributed by atoms with E-state index in [4.69, 9.17) is 11.6 Å². The first-order valence-electron chi connectivity index (χ1n) is 5.30. The molecule has 6 heteroatoms. The molecule has 2 aromatic rings. The van der Waals surface area contributed by atoms with Crippen molar-refractivity contribution in [1.29, 1.82) is 0 Å². The van der Waals surface area contributed by atoms with E-state index >= 15 is 0 Å². The van der Waals surface area contributed by atoms with Gasteiger partial charge in [0.1, 0.15) is 5.82 Å². The molecule has 0 amide bonds. The third-order valence-electron chi connectivity index (χ3n) is 2.58. The third-order valence-corrected chi connectivity index (χ3v) is 2.83. The van der Waals surface area contributed by atoms with E-state index in [0.717, 1.165) is 6.07 Å². The lowest BCUT2D eigenvalue weighted by molar-refractivity contribution is -0.138. The monoisotopic (exact) mass is 289 g/mol. The summed E-state index contributed by atoms with van der Waals surface area (Å²) in [6.45, 7) is 0. The fourth-order valence-corrected chi connectivity index (χ4v) is 1.86. The molecule has 0 aliphatic heterocycles. The lowest BCUT2D eigenvalue weighted by atomic mass is 10.0. The van der Waals surface area contributed by atoms with E-state index in [1.807, 2.05) is 0 Å². The van der Waals surface area contributed by atoms with E-state index in [1.165, 1.54) is 30.5 Å². The molecule has 1 aromatic heterocycles. The quantitative estimate of drug-likeness (QED) is 0.579. The van der Waals surface area contributed by atoms with Gasteiger partial charge in [-0.05, 0) is 23.8 Å². The standard InChI is InChI=1S/C13H8ClF4N/c14-6-12-11(13(16,17)18)5-9(7-19-12)8-1-3-10(15)4-2-8/h1-5,7H,6H2. The molecule has 0 saturated carbocycles. The molecule has 0 N–H and O–H groups in total. The highest BCUT2D eigenvalue weighted by molar-refractivity contribution is 6.17. The first-order chi connectivity index (χ1) is 8.91. The van der Waals surface area contributed by atoms with Gasteiger partial charge in [0, 0.05) is 11.8 Å². The number of hydrogen-bond donors (Lipinski definition) is 0. The summed E-state index contributed by atoms with van der Waals surface area (Å²) in [7, 11) is 0. The van der Waals surface area contributed by atoms with Crippen molar-refractivity contribution in [2.45, 2.75) is 12.1 Å². The van der Waals surface area contributed by atoms with Crippen molar-refractivity contribution in [3.63, 3.8) is 0 Å². The molecular weight excluding hydrogens is 282 g/mol. The number of benzene rings is 1. The molecule has 0 aliphatic rings. The van der Waals surface area contributed by atoms with E-state index < -0.39 is 17.6 Å². The maximum Gasteiger partial charge on any atom is 0.418 e. The minimum atomic E-state index is -4.52. The number of nitrogens with zero attached hydrogens (tertiary/aromatic N) is 1. The van der Waals surface area contributed by atoms with Gasteiger partial charge in [0.25, 0.3) is 0 Å². The average Bonchev–Trinajstić information content (AvgIpc) is 2.38. The second-order valence-corrected chi connectivity index (χ2v) is 4.12. The summed E-state index contributed by atoms with van der Waals surface area (Å²) in [4.78, 5) is 3.72. The third kappa shape index (κ3) is 3.04. The lowest BCUT2D eigenvalue weighted by Crippen LogP contribution is -2.10. The molecule has 19 heavy (non-hydrogen) atoms. The number of aromatic nitrogens is 1. The van der Waals surface area contributed by atoms with Crippen molar-refractivity contribution in [3.05, 3.63) is 53.6 Å². The van der Waals surface area contributed by atoms with E-state index in [2.05, 4.69) is 4.98 Å². The van der Waals surface area contributed by atoms with Crippen LogP contribution in [-0.2, 0) is 12.1 Å². The maximum atomic E-state index is 12.8. The number of halogens is 5. The van der Waals surface area contributed by atoms with Crippen LogP contribution in [0.2, 0.25) is 0 Å². The second-order valence-electron chi connectivity index (χ2n) is 3.86. The van der Waals surface area contributed by atoms with E-state index in [1.54, 1.807) is 0 Å². The summed E-state index contributed by atoms with van der Waals surface area (Å²) in [6.07, 6.45) is -3.23. The second kappa shape index (κ2) is 5.17. The first kappa shape index (κ1) is 13.8. The van der Waals surface area contributed by atoms with Crippen molar-refractivity contribution in [2.24, 2.45) is 0 Å². The van der Waals surface area contributed by atoms with Gasteiger partial charge < -0.3 is 0 Å². The summed E-state index contributed by atoms with van der Waals surface area (Å²) >= 11 is 5.45. The van der Waals surface area contributed by atoms with Crippen LogP contribution in [0, 0.1) is 5.82 Å². The van der Waals surface area contributed by atoms with Gasteiger partial charge in [0.05, 0.1) is 17.1 Å². The Kier molecular flexibility index (Phi) is 3.75. The molecule has 1 heterocycles. The minimum absolute atomic E-state index is 0.222. The maximum absolute atomic E-state index is 12.8. The summed E-state index contributed by atoms with van der Waals surface area (Å²) in [5.41, 5.74) is -0.369. The molecule has 0 radical (unpaired) electrons. The van der Waals surface area contributed by atoms with Crippen LogP contribution in [0.4, 0.5) is 17.6 Å². The van der Waals surface area contributed by atoms with Crippen LogP contribution < -0.4 is 0 Å². The predicted octanol–water partition coefficient (Wildman–Crippen LogP) is 4.65. The van der Waals surface area contributed by atoms with Crippen LogP contribution in [0.15, 0.2) is 36.5 Å². The van der Waals surface area contributed by atoms with Gasteiger partial charge in [-0.3, -0.25) is 4.98 Å². The SMILES string of the molecule is Fc1ccc(-c2cnc(CCl)c(C(F)(F)F)c2)cc1. The van der Waals surface area contributed by atoms with Gasteiger partial charge in [-0.1, -0.05) is 12.1 Å². The molecule has 0 spiro atoms. The molecule has 1 nitrogen and oxygen atoms in total. The van der Waals surface area contributed by atoms with Crippen LogP contribution in [0.1, 0.15) is 11.3 Å². The Morgan fingerprint density at radius 2 is 1.68 bits per heavy atom. The summed E-state index contributed by atoms with van der Waals surface area (Å²) in [5, 5.41) is 0. The van der Waals surface area contributed by atoms with Crippen molar-refractivity contribution < 1.29 is 17.6 Å². The molecule has 0 saturated heterocycles. The Morgan fingerprint density at radius 1 is 1.05 bits per heavy atom. The predicted molar refractivity (Wildman–Crippen MR) is 64.2 cm³/mol. The number of alkyl halides is 4. The van der Waals surface area contributed by atoms with Crippen LogP contribution in [0.5, 0.6) is 0 Å². The van der Waals surface area contributed by atoms with Crippen molar-refractivity contribution in [3.8, 4) is 11.1 Å². The van der Waals surface area contributed by atoms with E-state index in [0.29, 0.717) is 5.56 Å². The normalized spacial score (nSPS) is 11.6. The van der Waals surface area contributed by atoms with Crippen molar-refractivity contribution in [2.75, 3.05) is 0 Å². The molecule has 0 aliphatic carbocycles. The zero-order chi connectivity index (χ0) is 14.0. The average molecular weight is 290 g/mol. The summed E-state index contributed by atoms with van der Waals surface area (Å²) in [5.74, 6) is -0.774. The lowest BCUT2D eigenvalue weighted by Gasteiger charge is -2.12. The number of hydrogen-bond acceptors (Lipinski definition) is 1. The fourth-order valence-electron chi connectivity index (χ4n) is 1.65. The van der Waals surface area contributed by atoms with Gasteiger partial charge in [-0.15, -0.1) is 11.6 Å². The number of pyridine rings is 1. The Bertz CT molecular complexity index is 578. The van der Waals surface area contributed by atoms with Crippen LogP contribution in [0.25, 0.3) is 11.1 Å². The summed E-state index contributed by atoms with van der Waals surface area (Å²) in [6, 6.07) is 6.12. The van der Waals surface area contributed by atoms with E-state index in [9.17, 15) is 17.6 Å². The summed E-state index contributed by atoms with van der Waals surface area (Å²) < 4.78 is 51.3. The van der Waals surface area contributed by atoms with Gasteiger partial charge in [-0.2, -0.15) is 13.2 Å². The van der Waals surface area contributed by atoms with Crippen LogP contribution in [-0.4, -0.2) is 4.98 Å². The molecule has 0 fully saturated rings. The van der Waals surface area contributed by atoms with Crippen LogP contribution >= 0.6 is 11.6 Å². The largest absolute Gasteiger partial charge is 0.418 e. The molecular formula is C13H8ClF4N. The topological polar surface area (TPSA) is 12.9 Å². The highest BCUT2D eigenvalue weighted by Gasteiger charge is 2.34. The zero-order valence-corrected chi connectivity index (χ0v) is 10.3. The first-order valence-corrected chi connectivity index (χ1v) is 5.83. The highest BCUT2D eigenvalue weighted by Crippen LogP contribution is 2.34. The molecule has 2 rings (SSSR count). The fraction of sp³-hybridized carbons (Fsp3) is 0.154. The Labute approximate surface area is 111 Å². The van der Waals surface area contributed by atoms with Gasteiger partial charge in [0.2, 0.25) is 0 Å². The minimum Gasteiger partial charge on any atom is -0.259 e. The van der Waals surface area contributed by atoms with Crippen molar-refractivity contribution >= 4 is 11.6 Å². The highest BCUT2D eigenvalue weighted by atomic mass is 35.5. The smallest absolute Gasteiger partial charge is 0.259 e. The number of rotatable bonds is 2. The molecule has 1 aromatic carbocycles. The molecule has 100 valence electrons. The van der Waals surface area contributed by atoms with Gasteiger partial charge in [0.15, 0.2) is 0 Å². The Hall–Kier alpha value is -1.62. The molecule has 0 atom stereocenters. The van der Waals surface area contributed by atoms with E-state index in [-0.39, 0.29) is 17.1 Å². The van der Waals surface area contributed by atoms with Crippen LogP contribution in [0.3, 0.4) is 0 Å². The Balaban J connectivity index is 2.52. The molecule has 0 unspecified atom stereocenters. The Morgan fingerprint density at radius 3 is 2.21 bits per heavy atom. The zero-order valence-electron chi connectivity index (χ0n) is 9.51. The van der Waals surface area contributed by atoms with Gasteiger partial charge in [-0.25, -0.2) is 4.39 Å². The van der Waals surface area contributed by atoms with Gasteiger partial charge >= 0.3 is 6.18 Å². The molecule has 0 bridgehead atoms. The van der Waals surface area contributed by atoms with Crippen molar-refractivity contribution in [1.82, 2.24) is 4.98 Å².